The lowest BCUT2D eigenvalue weighted by Crippen LogP contribution is -2.22. The van der Waals surface area contributed by atoms with Gasteiger partial charge in [-0.15, -0.1) is 0 Å². The van der Waals surface area contributed by atoms with Crippen LogP contribution in [0.1, 0.15) is 45.4 Å². The van der Waals surface area contributed by atoms with Gasteiger partial charge >= 0.3 is 0 Å². The third-order valence-corrected chi connectivity index (χ3v) is 3.44. The Labute approximate surface area is 104 Å². The molecule has 0 unspecified atom stereocenters. The van der Waals surface area contributed by atoms with E-state index in [9.17, 15) is 0 Å². The molecule has 0 amide bonds. The van der Waals surface area contributed by atoms with Crippen LogP contribution in [0.2, 0.25) is 0 Å². The molecule has 4 nitrogen and oxygen atoms in total. The number of aromatic nitrogens is 3. The van der Waals surface area contributed by atoms with E-state index in [0.717, 1.165) is 31.4 Å². The largest absolute Gasteiger partial charge is 0.310 e. The first-order valence-electron chi connectivity index (χ1n) is 6.83. The topological polar surface area (TPSA) is 42.7 Å². The average Bonchev–Trinajstić information content (AvgIpc) is 2.91. The molecule has 1 aromatic rings. The Morgan fingerprint density at radius 2 is 2.18 bits per heavy atom. The highest BCUT2D eigenvalue weighted by Crippen LogP contribution is 2.26. The SMILES string of the molecule is CC(C)CNCc1ncnn1CC1CCCC1. The number of nitrogens with zero attached hydrogens (tertiary/aromatic N) is 3. The quantitative estimate of drug-likeness (QED) is 0.823. The highest BCUT2D eigenvalue weighted by molar-refractivity contribution is 4.85. The smallest absolute Gasteiger partial charge is 0.140 e. The number of hydrogen-bond acceptors (Lipinski definition) is 3. The Balaban J connectivity index is 1.83. The molecule has 0 atom stereocenters. The Morgan fingerprint density at radius 1 is 1.41 bits per heavy atom. The fourth-order valence-electron chi connectivity index (χ4n) is 2.49. The van der Waals surface area contributed by atoms with Crippen LogP contribution < -0.4 is 5.32 Å². The summed E-state index contributed by atoms with van der Waals surface area (Å²) in [6.45, 7) is 7.37. The summed E-state index contributed by atoms with van der Waals surface area (Å²) in [5.41, 5.74) is 0. The van der Waals surface area contributed by atoms with Crippen molar-refractivity contribution in [3.8, 4) is 0 Å². The summed E-state index contributed by atoms with van der Waals surface area (Å²) >= 11 is 0. The van der Waals surface area contributed by atoms with E-state index in [0.29, 0.717) is 5.92 Å². The first kappa shape index (κ1) is 12.6. The number of rotatable bonds is 6. The summed E-state index contributed by atoms with van der Waals surface area (Å²) in [4.78, 5) is 4.34. The lowest BCUT2D eigenvalue weighted by Gasteiger charge is -2.12. The minimum absolute atomic E-state index is 0.682. The van der Waals surface area contributed by atoms with Gasteiger partial charge in [0.05, 0.1) is 6.54 Å². The summed E-state index contributed by atoms with van der Waals surface area (Å²) in [5, 5.41) is 7.77. The number of nitrogens with one attached hydrogen (secondary N) is 1. The molecule has 1 aliphatic carbocycles. The molecule has 17 heavy (non-hydrogen) atoms. The van der Waals surface area contributed by atoms with Crippen LogP contribution in [0, 0.1) is 11.8 Å². The molecule has 0 spiro atoms. The maximum absolute atomic E-state index is 4.34. The summed E-state index contributed by atoms with van der Waals surface area (Å²) in [7, 11) is 0. The van der Waals surface area contributed by atoms with E-state index in [-0.39, 0.29) is 0 Å². The molecule has 0 radical (unpaired) electrons. The molecule has 1 N–H and O–H groups in total. The molecular weight excluding hydrogens is 212 g/mol. The van der Waals surface area contributed by atoms with Crippen LogP contribution in [0.15, 0.2) is 6.33 Å². The second-order valence-corrected chi connectivity index (χ2v) is 5.53. The van der Waals surface area contributed by atoms with Gasteiger partial charge in [-0.3, -0.25) is 0 Å². The Bertz CT molecular complexity index is 326. The molecule has 2 rings (SSSR count). The molecular formula is C13H24N4. The van der Waals surface area contributed by atoms with Crippen molar-refractivity contribution in [2.75, 3.05) is 6.54 Å². The predicted molar refractivity (Wildman–Crippen MR) is 68.5 cm³/mol. The molecule has 1 heterocycles. The van der Waals surface area contributed by atoms with Gasteiger partial charge in [0.1, 0.15) is 12.2 Å². The maximum Gasteiger partial charge on any atom is 0.140 e. The maximum atomic E-state index is 4.34. The first-order valence-corrected chi connectivity index (χ1v) is 6.83. The Kier molecular flexibility index (Phi) is 4.54. The van der Waals surface area contributed by atoms with Crippen LogP contribution in [-0.2, 0) is 13.1 Å². The third kappa shape index (κ3) is 3.80. The highest BCUT2D eigenvalue weighted by atomic mass is 15.3. The van der Waals surface area contributed by atoms with E-state index in [1.807, 2.05) is 0 Å². The zero-order valence-electron chi connectivity index (χ0n) is 11.0. The van der Waals surface area contributed by atoms with Crippen molar-refractivity contribution in [1.82, 2.24) is 20.1 Å². The van der Waals surface area contributed by atoms with E-state index in [1.54, 1.807) is 6.33 Å². The van der Waals surface area contributed by atoms with Gasteiger partial charge in [0.2, 0.25) is 0 Å². The van der Waals surface area contributed by atoms with Crippen molar-refractivity contribution in [2.45, 2.75) is 52.6 Å². The summed E-state index contributed by atoms with van der Waals surface area (Å²) in [6, 6.07) is 0. The number of hydrogen-bond donors (Lipinski definition) is 1. The van der Waals surface area contributed by atoms with Crippen LogP contribution in [0.4, 0.5) is 0 Å². The standard InChI is InChI=1S/C13H24N4/c1-11(2)7-14-8-13-15-10-16-17(13)9-12-5-3-4-6-12/h10-12,14H,3-9H2,1-2H3. The fraction of sp³-hybridized carbons (Fsp3) is 0.846. The Hall–Kier alpha value is -0.900. The highest BCUT2D eigenvalue weighted by Gasteiger charge is 2.17. The predicted octanol–water partition coefficient (Wildman–Crippen LogP) is 2.21. The Morgan fingerprint density at radius 3 is 2.88 bits per heavy atom. The van der Waals surface area contributed by atoms with Crippen LogP contribution in [0.5, 0.6) is 0 Å². The van der Waals surface area contributed by atoms with Gasteiger partial charge in [-0.1, -0.05) is 26.7 Å². The van der Waals surface area contributed by atoms with Crippen molar-refractivity contribution < 1.29 is 0 Å². The first-order chi connectivity index (χ1) is 8.25. The minimum Gasteiger partial charge on any atom is -0.310 e. The molecule has 1 fully saturated rings. The molecule has 4 heteroatoms. The van der Waals surface area contributed by atoms with Crippen LogP contribution >= 0.6 is 0 Å². The second kappa shape index (κ2) is 6.15. The monoisotopic (exact) mass is 236 g/mol. The molecule has 0 aromatic carbocycles. The molecule has 0 saturated heterocycles. The van der Waals surface area contributed by atoms with Crippen molar-refractivity contribution >= 4 is 0 Å². The molecule has 1 aliphatic rings. The van der Waals surface area contributed by atoms with Crippen LogP contribution in [0.3, 0.4) is 0 Å². The summed E-state index contributed by atoms with van der Waals surface area (Å²) in [5.74, 6) is 2.58. The van der Waals surface area contributed by atoms with E-state index < -0.39 is 0 Å². The van der Waals surface area contributed by atoms with Gasteiger partial charge in [0, 0.05) is 6.54 Å². The second-order valence-electron chi connectivity index (χ2n) is 5.53. The summed E-state index contributed by atoms with van der Waals surface area (Å²) in [6.07, 6.45) is 7.18. The summed E-state index contributed by atoms with van der Waals surface area (Å²) < 4.78 is 2.09. The van der Waals surface area contributed by atoms with E-state index in [2.05, 4.69) is 33.9 Å². The molecule has 0 aliphatic heterocycles. The lowest BCUT2D eigenvalue weighted by molar-refractivity contribution is 0.410. The van der Waals surface area contributed by atoms with E-state index >= 15 is 0 Å². The molecule has 1 aromatic heterocycles. The molecule has 0 bridgehead atoms. The van der Waals surface area contributed by atoms with Crippen molar-refractivity contribution in [3.63, 3.8) is 0 Å². The van der Waals surface area contributed by atoms with Crippen molar-refractivity contribution in [3.05, 3.63) is 12.2 Å². The zero-order valence-corrected chi connectivity index (χ0v) is 11.0. The third-order valence-electron chi connectivity index (χ3n) is 3.44. The van der Waals surface area contributed by atoms with Gasteiger partial charge in [-0.05, 0) is 31.2 Å². The van der Waals surface area contributed by atoms with Gasteiger partial charge in [-0.25, -0.2) is 9.67 Å². The van der Waals surface area contributed by atoms with E-state index in [4.69, 9.17) is 0 Å². The zero-order chi connectivity index (χ0) is 12.1. The normalized spacial score (nSPS) is 17.1. The van der Waals surface area contributed by atoms with Crippen LogP contribution in [-0.4, -0.2) is 21.3 Å². The lowest BCUT2D eigenvalue weighted by atomic mass is 10.1. The van der Waals surface area contributed by atoms with Gasteiger partial charge in [0.25, 0.3) is 0 Å². The van der Waals surface area contributed by atoms with Gasteiger partial charge in [-0.2, -0.15) is 5.10 Å². The fourth-order valence-corrected chi connectivity index (χ4v) is 2.49. The van der Waals surface area contributed by atoms with Crippen molar-refractivity contribution in [1.29, 1.82) is 0 Å². The van der Waals surface area contributed by atoms with Gasteiger partial charge < -0.3 is 5.32 Å². The molecule has 96 valence electrons. The van der Waals surface area contributed by atoms with Gasteiger partial charge in [0.15, 0.2) is 0 Å². The minimum atomic E-state index is 0.682. The molecule has 1 saturated carbocycles. The van der Waals surface area contributed by atoms with E-state index in [1.165, 1.54) is 25.7 Å². The average molecular weight is 236 g/mol. The van der Waals surface area contributed by atoms with Crippen molar-refractivity contribution in [2.24, 2.45) is 11.8 Å². The van der Waals surface area contributed by atoms with Crippen LogP contribution in [0.25, 0.3) is 0 Å².